The standard InChI is InChI=1S/C21H24N2O2/c1-16(24)20-14-19-4-2-3-9-23(19)21(20)18-7-5-17(6-8-18)15-22-10-12-25-13-11-22/h2-9,14,16,24H,10-13,15H2,1H3. The van der Waals surface area contributed by atoms with Crippen LogP contribution >= 0.6 is 0 Å². The van der Waals surface area contributed by atoms with Gasteiger partial charge in [0, 0.05) is 36.9 Å². The number of aliphatic hydroxyl groups is 1. The molecule has 0 saturated carbocycles. The molecule has 1 atom stereocenters. The third-order valence-electron chi connectivity index (χ3n) is 4.90. The summed E-state index contributed by atoms with van der Waals surface area (Å²) in [6.07, 6.45) is 1.56. The van der Waals surface area contributed by atoms with Crippen molar-refractivity contribution in [1.29, 1.82) is 0 Å². The number of pyridine rings is 1. The molecule has 2 aromatic heterocycles. The van der Waals surface area contributed by atoms with Crippen LogP contribution in [0, 0.1) is 0 Å². The van der Waals surface area contributed by atoms with Crippen LogP contribution in [0.2, 0.25) is 0 Å². The number of benzene rings is 1. The lowest BCUT2D eigenvalue weighted by Crippen LogP contribution is -2.35. The van der Waals surface area contributed by atoms with Gasteiger partial charge in [-0.05, 0) is 36.2 Å². The van der Waals surface area contributed by atoms with Gasteiger partial charge in [0.05, 0.1) is 25.0 Å². The highest BCUT2D eigenvalue weighted by Gasteiger charge is 2.16. The topological polar surface area (TPSA) is 37.1 Å². The first kappa shape index (κ1) is 16.3. The van der Waals surface area contributed by atoms with E-state index in [0.29, 0.717) is 0 Å². The summed E-state index contributed by atoms with van der Waals surface area (Å²) in [5.41, 5.74) is 5.58. The van der Waals surface area contributed by atoms with E-state index < -0.39 is 6.10 Å². The molecule has 0 radical (unpaired) electrons. The molecule has 130 valence electrons. The third kappa shape index (κ3) is 3.33. The Morgan fingerprint density at radius 2 is 1.84 bits per heavy atom. The predicted octanol–water partition coefficient (Wildman–Crippen LogP) is 3.49. The smallest absolute Gasteiger partial charge is 0.0783 e. The summed E-state index contributed by atoms with van der Waals surface area (Å²) in [5, 5.41) is 10.2. The number of hydrogen-bond acceptors (Lipinski definition) is 3. The normalized spacial score (nSPS) is 17.0. The lowest BCUT2D eigenvalue weighted by Gasteiger charge is -2.26. The molecule has 0 amide bonds. The van der Waals surface area contributed by atoms with E-state index in [9.17, 15) is 5.11 Å². The maximum atomic E-state index is 10.2. The molecule has 0 aliphatic carbocycles. The number of aromatic nitrogens is 1. The van der Waals surface area contributed by atoms with Crippen LogP contribution in [0.5, 0.6) is 0 Å². The van der Waals surface area contributed by atoms with Crippen molar-refractivity contribution in [2.24, 2.45) is 0 Å². The average molecular weight is 336 g/mol. The molecule has 1 fully saturated rings. The fraction of sp³-hybridized carbons (Fsp3) is 0.333. The Morgan fingerprint density at radius 1 is 1.08 bits per heavy atom. The minimum absolute atomic E-state index is 0.497. The molecule has 3 aromatic rings. The van der Waals surface area contributed by atoms with Gasteiger partial charge in [-0.25, -0.2) is 0 Å². The summed E-state index contributed by atoms with van der Waals surface area (Å²) in [6.45, 7) is 6.43. The van der Waals surface area contributed by atoms with Crippen LogP contribution in [0.4, 0.5) is 0 Å². The molecule has 1 aliphatic heterocycles. The Bertz CT molecular complexity index is 846. The van der Waals surface area contributed by atoms with E-state index in [1.165, 1.54) is 5.56 Å². The molecule has 1 saturated heterocycles. The average Bonchev–Trinajstić information content (AvgIpc) is 3.03. The third-order valence-corrected chi connectivity index (χ3v) is 4.90. The largest absolute Gasteiger partial charge is 0.389 e. The molecule has 1 aromatic carbocycles. The van der Waals surface area contributed by atoms with Gasteiger partial charge >= 0.3 is 0 Å². The number of hydrogen-bond donors (Lipinski definition) is 1. The summed E-state index contributed by atoms with van der Waals surface area (Å²) in [5.74, 6) is 0. The first-order valence-electron chi connectivity index (χ1n) is 8.90. The highest BCUT2D eigenvalue weighted by molar-refractivity contribution is 5.72. The van der Waals surface area contributed by atoms with Crippen LogP contribution in [-0.4, -0.2) is 40.7 Å². The zero-order valence-electron chi connectivity index (χ0n) is 14.6. The van der Waals surface area contributed by atoms with Crippen LogP contribution < -0.4 is 0 Å². The van der Waals surface area contributed by atoms with E-state index in [2.05, 4.69) is 51.9 Å². The van der Waals surface area contributed by atoms with Crippen molar-refractivity contribution < 1.29 is 9.84 Å². The van der Waals surface area contributed by atoms with Crippen LogP contribution in [0.15, 0.2) is 54.7 Å². The SMILES string of the molecule is CC(O)c1cc2ccccn2c1-c1ccc(CN2CCOCC2)cc1. The molecule has 1 N–H and O–H groups in total. The minimum Gasteiger partial charge on any atom is -0.389 e. The molecule has 1 unspecified atom stereocenters. The van der Waals surface area contributed by atoms with Gasteiger partial charge in [-0.1, -0.05) is 30.3 Å². The molecule has 4 nitrogen and oxygen atoms in total. The highest BCUT2D eigenvalue weighted by Crippen LogP contribution is 2.32. The van der Waals surface area contributed by atoms with Gasteiger partial charge in [-0.3, -0.25) is 4.90 Å². The van der Waals surface area contributed by atoms with E-state index in [1.54, 1.807) is 0 Å². The van der Waals surface area contributed by atoms with E-state index in [0.717, 1.165) is 55.2 Å². The van der Waals surface area contributed by atoms with Gasteiger partial charge in [0.25, 0.3) is 0 Å². The second-order valence-corrected chi connectivity index (χ2v) is 6.71. The molecule has 4 heteroatoms. The van der Waals surface area contributed by atoms with Crippen LogP contribution in [0.3, 0.4) is 0 Å². The van der Waals surface area contributed by atoms with Gasteiger partial charge in [-0.15, -0.1) is 0 Å². The first-order valence-corrected chi connectivity index (χ1v) is 8.90. The Labute approximate surface area is 148 Å². The quantitative estimate of drug-likeness (QED) is 0.792. The van der Waals surface area contributed by atoms with Crippen molar-refractivity contribution in [2.75, 3.05) is 26.3 Å². The van der Waals surface area contributed by atoms with Crippen molar-refractivity contribution in [1.82, 2.24) is 9.30 Å². The minimum atomic E-state index is -0.497. The predicted molar refractivity (Wildman–Crippen MR) is 99.6 cm³/mol. The summed E-state index contributed by atoms with van der Waals surface area (Å²) < 4.78 is 7.57. The molecular weight excluding hydrogens is 312 g/mol. The zero-order valence-corrected chi connectivity index (χ0v) is 14.6. The van der Waals surface area contributed by atoms with Crippen LogP contribution in [0.25, 0.3) is 16.8 Å². The molecular formula is C21H24N2O2. The fourth-order valence-corrected chi connectivity index (χ4v) is 3.55. The Kier molecular flexibility index (Phi) is 4.57. The molecule has 0 spiro atoms. The highest BCUT2D eigenvalue weighted by atomic mass is 16.5. The molecule has 0 bridgehead atoms. The van der Waals surface area contributed by atoms with Gasteiger partial charge in [0.1, 0.15) is 0 Å². The maximum absolute atomic E-state index is 10.2. The monoisotopic (exact) mass is 336 g/mol. The number of fused-ring (bicyclic) bond motifs is 1. The summed E-state index contributed by atoms with van der Waals surface area (Å²) >= 11 is 0. The van der Waals surface area contributed by atoms with Gasteiger partial charge in [-0.2, -0.15) is 0 Å². The van der Waals surface area contributed by atoms with Gasteiger partial charge in [0.2, 0.25) is 0 Å². The van der Waals surface area contributed by atoms with E-state index in [1.807, 2.05) is 19.1 Å². The molecule has 3 heterocycles. The van der Waals surface area contributed by atoms with Gasteiger partial charge in [0.15, 0.2) is 0 Å². The fourth-order valence-electron chi connectivity index (χ4n) is 3.55. The summed E-state index contributed by atoms with van der Waals surface area (Å²) in [6, 6.07) is 16.9. The summed E-state index contributed by atoms with van der Waals surface area (Å²) in [4.78, 5) is 2.42. The summed E-state index contributed by atoms with van der Waals surface area (Å²) in [7, 11) is 0. The van der Waals surface area contributed by atoms with Crippen molar-refractivity contribution in [3.8, 4) is 11.3 Å². The van der Waals surface area contributed by atoms with Crippen LogP contribution in [0.1, 0.15) is 24.2 Å². The van der Waals surface area contributed by atoms with E-state index >= 15 is 0 Å². The molecule has 4 rings (SSSR count). The van der Waals surface area contributed by atoms with Crippen molar-refractivity contribution in [2.45, 2.75) is 19.6 Å². The second-order valence-electron chi connectivity index (χ2n) is 6.71. The zero-order chi connectivity index (χ0) is 17.2. The number of rotatable bonds is 4. The van der Waals surface area contributed by atoms with Gasteiger partial charge < -0.3 is 14.2 Å². The number of ether oxygens (including phenoxy) is 1. The number of nitrogens with zero attached hydrogens (tertiary/aromatic N) is 2. The Hall–Kier alpha value is -2.14. The van der Waals surface area contributed by atoms with E-state index in [-0.39, 0.29) is 0 Å². The van der Waals surface area contributed by atoms with E-state index in [4.69, 9.17) is 4.74 Å². The lowest BCUT2D eigenvalue weighted by molar-refractivity contribution is 0.0342. The lowest BCUT2D eigenvalue weighted by atomic mass is 10.0. The number of morpholine rings is 1. The van der Waals surface area contributed by atoms with Crippen molar-refractivity contribution in [3.63, 3.8) is 0 Å². The number of aliphatic hydroxyl groups excluding tert-OH is 1. The second kappa shape index (κ2) is 7.00. The van der Waals surface area contributed by atoms with Crippen LogP contribution in [-0.2, 0) is 11.3 Å². The van der Waals surface area contributed by atoms with Crippen molar-refractivity contribution in [3.05, 3.63) is 65.9 Å². The molecule has 1 aliphatic rings. The maximum Gasteiger partial charge on any atom is 0.0783 e. The Morgan fingerprint density at radius 3 is 2.56 bits per heavy atom. The first-order chi connectivity index (χ1) is 12.2. The van der Waals surface area contributed by atoms with Crippen molar-refractivity contribution >= 4 is 5.52 Å². The Balaban J connectivity index is 1.65. The molecule has 25 heavy (non-hydrogen) atoms.